The molecule has 1 unspecified atom stereocenters. The van der Waals surface area contributed by atoms with Crippen LogP contribution in [-0.2, 0) is 4.79 Å². The SMILES string of the molecule is O=C(NN=Cc1ccc(O)c([N+](=O)[O-])c1)C(O)c1ccccc1. The molecular formula is C15H13N3O5. The molecule has 0 aliphatic rings. The van der Waals surface area contributed by atoms with Gasteiger partial charge in [-0.3, -0.25) is 14.9 Å². The number of nitro benzene ring substituents is 1. The number of rotatable bonds is 5. The Hall–Kier alpha value is -3.26. The molecule has 0 aliphatic carbocycles. The van der Waals surface area contributed by atoms with Gasteiger partial charge in [-0.05, 0) is 17.7 Å². The second kappa shape index (κ2) is 7.14. The number of hydrogen-bond donors (Lipinski definition) is 3. The Balaban J connectivity index is 2.03. The van der Waals surface area contributed by atoms with E-state index in [0.29, 0.717) is 11.1 Å². The number of aromatic hydroxyl groups is 1. The molecule has 2 aromatic carbocycles. The van der Waals surface area contributed by atoms with Gasteiger partial charge in [-0.15, -0.1) is 0 Å². The second-order valence-corrected chi connectivity index (χ2v) is 4.55. The minimum absolute atomic E-state index is 0.309. The summed E-state index contributed by atoms with van der Waals surface area (Å²) < 4.78 is 0. The smallest absolute Gasteiger partial charge is 0.311 e. The zero-order valence-electron chi connectivity index (χ0n) is 11.8. The molecule has 23 heavy (non-hydrogen) atoms. The Morgan fingerprint density at radius 1 is 1.26 bits per heavy atom. The van der Waals surface area contributed by atoms with Gasteiger partial charge < -0.3 is 10.2 Å². The molecule has 2 rings (SSSR count). The lowest BCUT2D eigenvalue weighted by Crippen LogP contribution is -2.25. The van der Waals surface area contributed by atoms with Gasteiger partial charge in [0, 0.05) is 11.6 Å². The molecule has 3 N–H and O–H groups in total. The minimum atomic E-state index is -1.37. The van der Waals surface area contributed by atoms with E-state index in [1.807, 2.05) is 0 Å². The summed E-state index contributed by atoms with van der Waals surface area (Å²) in [5.74, 6) is -1.20. The third-order valence-electron chi connectivity index (χ3n) is 2.95. The van der Waals surface area contributed by atoms with E-state index in [1.54, 1.807) is 30.3 Å². The van der Waals surface area contributed by atoms with Crippen LogP contribution in [0.25, 0.3) is 0 Å². The Morgan fingerprint density at radius 2 is 1.96 bits per heavy atom. The first-order chi connectivity index (χ1) is 11.0. The first kappa shape index (κ1) is 16.1. The molecule has 1 atom stereocenters. The highest BCUT2D eigenvalue weighted by Crippen LogP contribution is 2.25. The summed E-state index contributed by atoms with van der Waals surface area (Å²) >= 11 is 0. The van der Waals surface area contributed by atoms with Crippen LogP contribution in [0.15, 0.2) is 53.6 Å². The van der Waals surface area contributed by atoms with E-state index in [0.717, 1.165) is 12.1 Å². The quantitative estimate of drug-likeness (QED) is 0.438. The van der Waals surface area contributed by atoms with E-state index in [1.165, 1.54) is 12.3 Å². The highest BCUT2D eigenvalue weighted by Gasteiger charge is 2.16. The molecule has 0 fully saturated rings. The van der Waals surface area contributed by atoms with E-state index < -0.39 is 28.4 Å². The maximum Gasteiger partial charge on any atom is 0.311 e. The van der Waals surface area contributed by atoms with Crippen LogP contribution in [0.3, 0.4) is 0 Å². The van der Waals surface area contributed by atoms with E-state index in [-0.39, 0.29) is 0 Å². The number of nitrogens with one attached hydrogen (secondary N) is 1. The zero-order chi connectivity index (χ0) is 16.8. The predicted octanol–water partition coefficient (Wildman–Crippen LogP) is 1.48. The average Bonchev–Trinajstić information content (AvgIpc) is 2.56. The maximum atomic E-state index is 11.7. The monoisotopic (exact) mass is 315 g/mol. The van der Waals surface area contributed by atoms with Crippen molar-refractivity contribution in [2.75, 3.05) is 0 Å². The van der Waals surface area contributed by atoms with E-state index >= 15 is 0 Å². The van der Waals surface area contributed by atoms with Crippen LogP contribution >= 0.6 is 0 Å². The highest BCUT2D eigenvalue weighted by atomic mass is 16.6. The minimum Gasteiger partial charge on any atom is -0.502 e. The van der Waals surface area contributed by atoms with Crippen LogP contribution in [0.4, 0.5) is 5.69 Å². The number of hydrazone groups is 1. The molecule has 8 heteroatoms. The van der Waals surface area contributed by atoms with Crippen molar-refractivity contribution < 1.29 is 19.9 Å². The summed E-state index contributed by atoms with van der Waals surface area (Å²) in [7, 11) is 0. The van der Waals surface area contributed by atoms with Crippen LogP contribution in [0.1, 0.15) is 17.2 Å². The van der Waals surface area contributed by atoms with Gasteiger partial charge in [0.05, 0.1) is 11.1 Å². The van der Waals surface area contributed by atoms with Crippen LogP contribution in [0.5, 0.6) is 5.75 Å². The molecule has 0 aliphatic heterocycles. The van der Waals surface area contributed by atoms with E-state index in [4.69, 9.17) is 0 Å². The van der Waals surface area contributed by atoms with Crippen molar-refractivity contribution in [2.24, 2.45) is 5.10 Å². The van der Waals surface area contributed by atoms with E-state index in [2.05, 4.69) is 10.5 Å². The van der Waals surface area contributed by atoms with Crippen molar-refractivity contribution in [3.05, 3.63) is 69.8 Å². The number of hydrogen-bond acceptors (Lipinski definition) is 6. The van der Waals surface area contributed by atoms with Crippen molar-refractivity contribution in [3.8, 4) is 5.75 Å². The standard InChI is InChI=1S/C15H13N3O5/c19-13-7-6-10(8-12(13)18(22)23)9-16-17-15(21)14(20)11-4-2-1-3-5-11/h1-9,14,19-20H,(H,17,21). The first-order valence-corrected chi connectivity index (χ1v) is 6.52. The molecule has 1 amide bonds. The number of phenolic OH excluding ortho intramolecular Hbond substituents is 1. The maximum absolute atomic E-state index is 11.7. The number of amides is 1. The third-order valence-corrected chi connectivity index (χ3v) is 2.95. The highest BCUT2D eigenvalue weighted by molar-refractivity contribution is 5.85. The summed E-state index contributed by atoms with van der Waals surface area (Å²) in [6.45, 7) is 0. The van der Waals surface area contributed by atoms with Crippen molar-refractivity contribution in [1.29, 1.82) is 0 Å². The van der Waals surface area contributed by atoms with Gasteiger partial charge in [-0.2, -0.15) is 5.10 Å². The van der Waals surface area contributed by atoms with Crippen molar-refractivity contribution in [3.63, 3.8) is 0 Å². The lowest BCUT2D eigenvalue weighted by Gasteiger charge is -2.08. The van der Waals surface area contributed by atoms with Gasteiger partial charge in [-0.25, -0.2) is 5.43 Å². The number of nitrogens with zero attached hydrogens (tertiary/aromatic N) is 2. The first-order valence-electron chi connectivity index (χ1n) is 6.52. The Labute approximate surface area is 130 Å². The van der Waals surface area contributed by atoms with Gasteiger partial charge in [0.25, 0.3) is 5.91 Å². The van der Waals surface area contributed by atoms with E-state index in [9.17, 15) is 25.1 Å². The second-order valence-electron chi connectivity index (χ2n) is 4.55. The number of carbonyl (C=O) groups excluding carboxylic acids is 1. The summed E-state index contributed by atoms with van der Waals surface area (Å²) in [6.07, 6.45) is -0.204. The number of benzene rings is 2. The number of aliphatic hydroxyl groups excluding tert-OH is 1. The van der Waals surface area contributed by atoms with Crippen LogP contribution in [0.2, 0.25) is 0 Å². The van der Waals surface area contributed by atoms with Gasteiger partial charge in [0.2, 0.25) is 0 Å². The fourth-order valence-electron chi connectivity index (χ4n) is 1.79. The Morgan fingerprint density at radius 3 is 2.61 bits per heavy atom. The molecule has 0 heterocycles. The van der Waals surface area contributed by atoms with Crippen molar-refractivity contribution >= 4 is 17.8 Å². The van der Waals surface area contributed by atoms with Crippen LogP contribution in [0, 0.1) is 10.1 Å². The third kappa shape index (κ3) is 4.11. The summed E-state index contributed by atoms with van der Waals surface area (Å²) in [5.41, 5.74) is 2.40. The molecule has 0 bridgehead atoms. The lowest BCUT2D eigenvalue weighted by molar-refractivity contribution is -0.385. The number of nitro groups is 1. The molecule has 2 aromatic rings. The normalized spacial score (nSPS) is 12.0. The molecule has 0 saturated heterocycles. The zero-order valence-corrected chi connectivity index (χ0v) is 11.8. The fourth-order valence-corrected chi connectivity index (χ4v) is 1.79. The molecule has 0 aromatic heterocycles. The van der Waals surface area contributed by atoms with Gasteiger partial charge in [-0.1, -0.05) is 30.3 Å². The Kier molecular flexibility index (Phi) is 5.00. The molecule has 118 valence electrons. The summed E-state index contributed by atoms with van der Waals surface area (Å²) in [6, 6.07) is 12.0. The van der Waals surface area contributed by atoms with Crippen LogP contribution < -0.4 is 5.43 Å². The number of aliphatic hydroxyl groups is 1. The Bertz CT molecular complexity index is 746. The molecule has 0 saturated carbocycles. The van der Waals surface area contributed by atoms with Gasteiger partial charge >= 0.3 is 5.69 Å². The van der Waals surface area contributed by atoms with Crippen molar-refractivity contribution in [2.45, 2.75) is 6.10 Å². The van der Waals surface area contributed by atoms with Crippen LogP contribution in [-0.4, -0.2) is 27.3 Å². The molecule has 8 nitrogen and oxygen atoms in total. The largest absolute Gasteiger partial charge is 0.502 e. The lowest BCUT2D eigenvalue weighted by atomic mass is 10.1. The summed E-state index contributed by atoms with van der Waals surface area (Å²) in [4.78, 5) is 21.7. The van der Waals surface area contributed by atoms with Gasteiger partial charge in [0.15, 0.2) is 11.9 Å². The summed E-state index contributed by atoms with van der Waals surface area (Å²) in [5, 5.41) is 33.5. The topological polar surface area (TPSA) is 125 Å². The number of phenols is 1. The molecule has 0 spiro atoms. The molecule has 0 radical (unpaired) electrons. The van der Waals surface area contributed by atoms with Gasteiger partial charge in [0.1, 0.15) is 0 Å². The van der Waals surface area contributed by atoms with Crippen molar-refractivity contribution in [1.82, 2.24) is 5.43 Å². The number of carbonyl (C=O) groups is 1. The molecular weight excluding hydrogens is 302 g/mol. The predicted molar refractivity (Wildman–Crippen MR) is 81.9 cm³/mol. The average molecular weight is 315 g/mol. The fraction of sp³-hybridized carbons (Fsp3) is 0.0667.